The summed E-state index contributed by atoms with van der Waals surface area (Å²) in [6.07, 6.45) is 2.12. The largest absolute Gasteiger partial charge is 0.505 e. The van der Waals surface area contributed by atoms with E-state index in [2.05, 4.69) is 5.32 Å². The van der Waals surface area contributed by atoms with Crippen LogP contribution in [0.4, 0.5) is 10.5 Å². The van der Waals surface area contributed by atoms with E-state index >= 15 is 0 Å². The highest BCUT2D eigenvalue weighted by molar-refractivity contribution is 5.91. The minimum Gasteiger partial charge on any atom is -0.505 e. The number of hydrogen-bond acceptors (Lipinski definition) is 2. The minimum atomic E-state index is -0.122. The maximum absolute atomic E-state index is 12.0. The maximum Gasteiger partial charge on any atom is 0.321 e. The monoisotopic (exact) mass is 248 g/mol. The highest BCUT2D eigenvalue weighted by Gasteiger charge is 2.19. The van der Waals surface area contributed by atoms with Crippen molar-refractivity contribution in [2.75, 3.05) is 18.4 Å². The Morgan fingerprint density at radius 3 is 2.61 bits per heavy atom. The third kappa shape index (κ3) is 2.58. The third-order valence-corrected chi connectivity index (χ3v) is 3.32. The highest BCUT2D eigenvalue weighted by atomic mass is 16.3. The molecule has 18 heavy (non-hydrogen) atoms. The normalized spacial score (nSPS) is 15.2. The Labute approximate surface area is 108 Å². The quantitative estimate of drug-likeness (QED) is 0.790. The number of aromatic hydroxyl groups is 1. The lowest BCUT2D eigenvalue weighted by molar-refractivity contribution is 0.222. The fourth-order valence-corrected chi connectivity index (χ4v) is 2.24. The summed E-state index contributed by atoms with van der Waals surface area (Å²) in [4.78, 5) is 13.7. The fourth-order valence-electron chi connectivity index (χ4n) is 2.24. The second-order valence-corrected chi connectivity index (χ2v) is 5.02. The van der Waals surface area contributed by atoms with Gasteiger partial charge in [-0.3, -0.25) is 0 Å². The number of rotatable bonds is 2. The molecule has 2 rings (SSSR count). The molecule has 0 bridgehead atoms. The van der Waals surface area contributed by atoms with Gasteiger partial charge in [0.25, 0.3) is 0 Å². The van der Waals surface area contributed by atoms with E-state index in [0.717, 1.165) is 31.5 Å². The van der Waals surface area contributed by atoms with Crippen molar-refractivity contribution in [2.45, 2.75) is 32.6 Å². The number of phenolic OH excluding ortho intramolecular Hbond substituents is 1. The topological polar surface area (TPSA) is 52.6 Å². The first kappa shape index (κ1) is 12.7. The zero-order chi connectivity index (χ0) is 13.1. The molecule has 0 saturated carbocycles. The molecule has 4 nitrogen and oxygen atoms in total. The van der Waals surface area contributed by atoms with E-state index in [9.17, 15) is 9.90 Å². The number of phenols is 1. The van der Waals surface area contributed by atoms with E-state index in [1.165, 1.54) is 0 Å². The summed E-state index contributed by atoms with van der Waals surface area (Å²) in [6.45, 7) is 5.63. The van der Waals surface area contributed by atoms with Crippen molar-refractivity contribution in [1.29, 1.82) is 0 Å². The number of carbonyl (C=O) groups excluding carboxylic acids is 1. The molecule has 1 aliphatic heterocycles. The van der Waals surface area contributed by atoms with E-state index in [4.69, 9.17) is 0 Å². The van der Waals surface area contributed by atoms with Gasteiger partial charge in [-0.15, -0.1) is 0 Å². The molecule has 0 unspecified atom stereocenters. The number of benzene rings is 1. The minimum absolute atomic E-state index is 0.122. The predicted molar refractivity (Wildman–Crippen MR) is 72.0 cm³/mol. The van der Waals surface area contributed by atoms with Gasteiger partial charge in [0.1, 0.15) is 5.75 Å². The lowest BCUT2D eigenvalue weighted by atomic mass is 10.0. The summed E-state index contributed by atoms with van der Waals surface area (Å²) < 4.78 is 0. The van der Waals surface area contributed by atoms with Gasteiger partial charge >= 0.3 is 6.03 Å². The number of nitrogens with zero attached hydrogens (tertiary/aromatic N) is 1. The number of carbonyl (C=O) groups is 1. The Kier molecular flexibility index (Phi) is 3.75. The molecule has 0 radical (unpaired) electrons. The van der Waals surface area contributed by atoms with Crippen LogP contribution in [0.3, 0.4) is 0 Å². The van der Waals surface area contributed by atoms with Gasteiger partial charge in [0.15, 0.2) is 0 Å². The van der Waals surface area contributed by atoms with Crippen LogP contribution in [-0.4, -0.2) is 29.1 Å². The maximum atomic E-state index is 12.0. The molecular formula is C14H20N2O2. The molecule has 2 N–H and O–H groups in total. The fraction of sp³-hybridized carbons (Fsp3) is 0.500. The zero-order valence-electron chi connectivity index (χ0n) is 10.9. The van der Waals surface area contributed by atoms with Crippen LogP contribution in [0.15, 0.2) is 18.2 Å². The molecule has 1 aromatic rings. The van der Waals surface area contributed by atoms with E-state index in [1.54, 1.807) is 11.0 Å². The third-order valence-electron chi connectivity index (χ3n) is 3.32. The molecule has 0 atom stereocenters. The number of likely N-dealkylation sites (tertiary alicyclic amines) is 1. The van der Waals surface area contributed by atoms with Crippen molar-refractivity contribution in [3.05, 3.63) is 23.8 Å². The number of hydrogen-bond donors (Lipinski definition) is 2. The molecule has 98 valence electrons. The Hall–Kier alpha value is -1.71. The second-order valence-electron chi connectivity index (χ2n) is 5.02. The first-order valence-corrected chi connectivity index (χ1v) is 6.47. The molecule has 2 amide bonds. The highest BCUT2D eigenvalue weighted by Crippen LogP contribution is 2.32. The SMILES string of the molecule is CC(C)c1cccc(NC(=O)N2CCCC2)c1O. The van der Waals surface area contributed by atoms with Gasteiger partial charge in [-0.2, -0.15) is 0 Å². The summed E-state index contributed by atoms with van der Waals surface area (Å²) in [7, 11) is 0. The van der Waals surface area contributed by atoms with Crippen molar-refractivity contribution in [3.8, 4) is 5.75 Å². The van der Waals surface area contributed by atoms with Crippen molar-refractivity contribution >= 4 is 11.7 Å². The average molecular weight is 248 g/mol. The summed E-state index contributed by atoms with van der Waals surface area (Å²) in [5.74, 6) is 0.411. The van der Waals surface area contributed by atoms with Crippen LogP contribution in [0, 0.1) is 0 Å². The molecule has 1 aliphatic rings. The van der Waals surface area contributed by atoms with Gasteiger partial charge in [0, 0.05) is 13.1 Å². The van der Waals surface area contributed by atoms with Crippen LogP contribution < -0.4 is 5.32 Å². The van der Waals surface area contributed by atoms with Crippen LogP contribution in [-0.2, 0) is 0 Å². The van der Waals surface area contributed by atoms with Gasteiger partial charge in [0.05, 0.1) is 5.69 Å². The molecule has 1 saturated heterocycles. The van der Waals surface area contributed by atoms with Crippen LogP contribution in [0.25, 0.3) is 0 Å². The van der Waals surface area contributed by atoms with Gasteiger partial charge in [-0.05, 0) is 30.4 Å². The summed E-state index contributed by atoms with van der Waals surface area (Å²) >= 11 is 0. The standard InChI is InChI=1S/C14H20N2O2/c1-10(2)11-6-5-7-12(13(11)17)15-14(18)16-8-3-4-9-16/h5-7,10,17H,3-4,8-9H2,1-2H3,(H,15,18). The first-order chi connectivity index (χ1) is 8.59. The van der Waals surface area contributed by atoms with Crippen LogP contribution in [0.5, 0.6) is 5.75 Å². The van der Waals surface area contributed by atoms with Crippen LogP contribution in [0.1, 0.15) is 38.2 Å². The molecule has 1 fully saturated rings. The Morgan fingerprint density at radius 1 is 1.33 bits per heavy atom. The van der Waals surface area contributed by atoms with Gasteiger partial charge < -0.3 is 15.3 Å². The number of nitrogens with one attached hydrogen (secondary N) is 1. The van der Waals surface area contributed by atoms with Crippen LogP contribution in [0.2, 0.25) is 0 Å². The van der Waals surface area contributed by atoms with Crippen molar-refractivity contribution in [1.82, 2.24) is 4.90 Å². The van der Waals surface area contributed by atoms with Gasteiger partial charge in [-0.25, -0.2) is 4.79 Å². The number of para-hydroxylation sites is 1. The Morgan fingerprint density at radius 2 is 2.00 bits per heavy atom. The molecule has 0 aliphatic carbocycles. The number of amides is 2. The predicted octanol–water partition coefficient (Wildman–Crippen LogP) is 3.14. The van der Waals surface area contributed by atoms with Crippen molar-refractivity contribution in [2.24, 2.45) is 0 Å². The first-order valence-electron chi connectivity index (χ1n) is 6.47. The van der Waals surface area contributed by atoms with E-state index in [-0.39, 0.29) is 17.7 Å². The summed E-state index contributed by atoms with van der Waals surface area (Å²) in [6, 6.07) is 5.35. The zero-order valence-corrected chi connectivity index (χ0v) is 10.9. The lowest BCUT2D eigenvalue weighted by Gasteiger charge is -2.18. The summed E-state index contributed by atoms with van der Waals surface area (Å²) in [5, 5.41) is 12.9. The van der Waals surface area contributed by atoms with E-state index < -0.39 is 0 Å². The van der Waals surface area contributed by atoms with E-state index in [0.29, 0.717) is 5.69 Å². The Bertz CT molecular complexity index is 437. The molecular weight excluding hydrogens is 228 g/mol. The molecule has 1 aromatic carbocycles. The lowest BCUT2D eigenvalue weighted by Crippen LogP contribution is -2.32. The number of urea groups is 1. The molecule has 4 heteroatoms. The molecule has 0 spiro atoms. The van der Waals surface area contributed by atoms with Crippen molar-refractivity contribution in [3.63, 3.8) is 0 Å². The van der Waals surface area contributed by atoms with Crippen LogP contribution >= 0.6 is 0 Å². The van der Waals surface area contributed by atoms with Gasteiger partial charge in [-0.1, -0.05) is 26.0 Å². The Balaban J connectivity index is 2.13. The second kappa shape index (κ2) is 5.29. The number of anilines is 1. The van der Waals surface area contributed by atoms with Gasteiger partial charge in [0.2, 0.25) is 0 Å². The smallest absolute Gasteiger partial charge is 0.321 e. The average Bonchev–Trinajstić information content (AvgIpc) is 2.85. The molecule has 1 heterocycles. The van der Waals surface area contributed by atoms with E-state index in [1.807, 2.05) is 26.0 Å². The molecule has 0 aromatic heterocycles. The van der Waals surface area contributed by atoms with Crippen molar-refractivity contribution < 1.29 is 9.90 Å². The summed E-state index contributed by atoms with van der Waals surface area (Å²) in [5.41, 5.74) is 1.35.